The molecule has 1 saturated heterocycles. The summed E-state index contributed by atoms with van der Waals surface area (Å²) in [6.45, 7) is 10.3. The lowest BCUT2D eigenvalue weighted by Gasteiger charge is -2.26. The molecule has 1 aliphatic rings. The number of halogens is 1. The molecule has 1 aromatic heterocycles. The molecule has 0 radical (unpaired) electrons. The molecule has 2 aromatic carbocycles. The highest BCUT2D eigenvalue weighted by molar-refractivity contribution is 7.82. The van der Waals surface area contributed by atoms with Crippen LogP contribution in [0, 0.1) is 6.92 Å². The predicted octanol–water partition coefficient (Wildman–Crippen LogP) is 4.80. The summed E-state index contributed by atoms with van der Waals surface area (Å²) in [6.07, 6.45) is 0.0996. The zero-order valence-corrected chi connectivity index (χ0v) is 22.7. The minimum atomic E-state index is -1.30. The second-order valence-electron chi connectivity index (χ2n) is 9.74. The van der Waals surface area contributed by atoms with Crippen LogP contribution in [0.1, 0.15) is 37.6 Å². The number of ether oxygens (including phenoxy) is 2. The van der Waals surface area contributed by atoms with Crippen molar-refractivity contribution < 1.29 is 18.5 Å². The molecule has 1 aliphatic heterocycles. The summed E-state index contributed by atoms with van der Waals surface area (Å²) in [6, 6.07) is 15.1. The van der Waals surface area contributed by atoms with Gasteiger partial charge >= 0.3 is 5.97 Å². The highest BCUT2D eigenvalue weighted by atomic mass is 35.5. The van der Waals surface area contributed by atoms with E-state index >= 15 is 0 Å². The lowest BCUT2D eigenvalue weighted by Crippen LogP contribution is -2.37. The molecule has 2 heterocycles. The highest BCUT2D eigenvalue weighted by Crippen LogP contribution is 2.29. The van der Waals surface area contributed by atoms with Crippen LogP contribution >= 0.6 is 11.6 Å². The first-order valence-electron chi connectivity index (χ1n) is 12.0. The van der Waals surface area contributed by atoms with Crippen molar-refractivity contribution in [3.05, 3.63) is 70.4 Å². The summed E-state index contributed by atoms with van der Waals surface area (Å²) in [7, 11) is -1.30. The molecule has 192 valence electrons. The zero-order chi connectivity index (χ0) is 25.9. The summed E-state index contributed by atoms with van der Waals surface area (Å²) in [5.74, 6) is -0.311. The fourth-order valence-corrected chi connectivity index (χ4v) is 5.56. The van der Waals surface area contributed by atoms with Gasteiger partial charge in [0, 0.05) is 34.9 Å². The van der Waals surface area contributed by atoms with Gasteiger partial charge in [-0.3, -0.25) is 9.48 Å². The van der Waals surface area contributed by atoms with E-state index in [4.69, 9.17) is 26.2 Å². The first kappa shape index (κ1) is 26.5. The Balaban J connectivity index is 1.69. The van der Waals surface area contributed by atoms with Gasteiger partial charge in [-0.05, 0) is 51.5 Å². The molecule has 0 saturated carbocycles. The molecule has 0 N–H and O–H groups in total. The molecule has 0 bridgehead atoms. The van der Waals surface area contributed by atoms with Crippen molar-refractivity contribution in [2.75, 3.05) is 26.3 Å². The van der Waals surface area contributed by atoms with Gasteiger partial charge in [0.1, 0.15) is 16.6 Å². The Bertz CT molecular complexity index is 1240. The van der Waals surface area contributed by atoms with Gasteiger partial charge in [0.15, 0.2) is 0 Å². The van der Waals surface area contributed by atoms with Gasteiger partial charge in [-0.15, -0.1) is 0 Å². The molecular weight excluding hydrogens is 498 g/mol. The molecule has 1 fully saturated rings. The Hall–Kier alpha value is -2.52. The third kappa shape index (κ3) is 6.42. The van der Waals surface area contributed by atoms with Gasteiger partial charge < -0.3 is 9.47 Å². The van der Waals surface area contributed by atoms with Crippen LogP contribution in [0.25, 0.3) is 11.3 Å². The molecule has 3 aromatic rings. The van der Waals surface area contributed by atoms with Crippen LogP contribution in [-0.4, -0.2) is 56.2 Å². The van der Waals surface area contributed by atoms with Crippen LogP contribution < -0.4 is 0 Å². The van der Waals surface area contributed by atoms with Gasteiger partial charge in [0.25, 0.3) is 0 Å². The highest BCUT2D eigenvalue weighted by Gasteiger charge is 2.25. The first-order chi connectivity index (χ1) is 17.1. The SMILES string of the molecule is Cc1c(CC(=O)OC(C)(C)C)c(-c2ccc(Cl)cc2)nn1Cc1ccccc1S(=O)N1CCOCC1. The number of hydrogen-bond donors (Lipinski definition) is 0. The molecule has 4 rings (SSSR count). The summed E-state index contributed by atoms with van der Waals surface area (Å²) in [5.41, 5.74) is 3.58. The third-order valence-electron chi connectivity index (χ3n) is 5.87. The third-order valence-corrected chi connectivity index (χ3v) is 7.74. The molecule has 1 atom stereocenters. The normalized spacial score (nSPS) is 15.6. The number of morpholine rings is 1. The molecule has 0 aliphatic carbocycles. The van der Waals surface area contributed by atoms with Crippen LogP contribution in [0.3, 0.4) is 0 Å². The summed E-state index contributed by atoms with van der Waals surface area (Å²) < 4.78 is 28.2. The number of aromatic nitrogens is 2. The average molecular weight is 530 g/mol. The summed E-state index contributed by atoms with van der Waals surface area (Å²) in [5, 5.41) is 5.53. The van der Waals surface area contributed by atoms with Crippen LogP contribution in [0.15, 0.2) is 53.4 Å². The van der Waals surface area contributed by atoms with Crippen LogP contribution in [0.5, 0.6) is 0 Å². The van der Waals surface area contributed by atoms with Gasteiger partial charge in [0.05, 0.1) is 36.8 Å². The van der Waals surface area contributed by atoms with Crippen molar-refractivity contribution >= 4 is 28.6 Å². The predicted molar refractivity (Wildman–Crippen MR) is 141 cm³/mol. The Morgan fingerprint density at radius 2 is 1.78 bits per heavy atom. The number of esters is 1. The number of carbonyl (C=O) groups is 1. The number of carbonyl (C=O) groups excluding carboxylic acids is 1. The molecule has 36 heavy (non-hydrogen) atoms. The fourth-order valence-electron chi connectivity index (χ4n) is 4.13. The van der Waals surface area contributed by atoms with E-state index in [1.807, 2.05) is 85.2 Å². The monoisotopic (exact) mass is 529 g/mol. The van der Waals surface area contributed by atoms with Gasteiger partial charge in [0.2, 0.25) is 0 Å². The van der Waals surface area contributed by atoms with Gasteiger partial charge in [-0.25, -0.2) is 8.51 Å². The van der Waals surface area contributed by atoms with Crippen molar-refractivity contribution in [2.24, 2.45) is 0 Å². The number of rotatable bonds is 7. The topological polar surface area (TPSA) is 73.7 Å². The second kappa shape index (κ2) is 11.3. The summed E-state index contributed by atoms with van der Waals surface area (Å²) >= 11 is 6.11. The van der Waals surface area contributed by atoms with E-state index in [1.165, 1.54) is 0 Å². The maximum atomic E-state index is 13.4. The number of hydrogen-bond acceptors (Lipinski definition) is 5. The molecule has 1 unspecified atom stereocenters. The molecule has 0 amide bonds. The average Bonchev–Trinajstić information content (AvgIpc) is 3.13. The summed E-state index contributed by atoms with van der Waals surface area (Å²) in [4.78, 5) is 13.5. The van der Waals surface area contributed by atoms with Gasteiger partial charge in [-0.1, -0.05) is 41.9 Å². The van der Waals surface area contributed by atoms with E-state index in [0.717, 1.165) is 27.3 Å². The van der Waals surface area contributed by atoms with Crippen molar-refractivity contribution in [3.8, 4) is 11.3 Å². The minimum Gasteiger partial charge on any atom is -0.460 e. The molecular formula is C27H32ClN3O4S. The van der Waals surface area contributed by atoms with Crippen molar-refractivity contribution in [2.45, 2.75) is 51.2 Å². The maximum Gasteiger partial charge on any atom is 0.310 e. The quantitative estimate of drug-likeness (QED) is 0.411. The van der Waals surface area contributed by atoms with Crippen LogP contribution in [0.4, 0.5) is 0 Å². The van der Waals surface area contributed by atoms with Crippen molar-refractivity contribution in [1.82, 2.24) is 14.1 Å². The Morgan fingerprint density at radius 3 is 2.44 bits per heavy atom. The molecule has 0 spiro atoms. The number of benzene rings is 2. The standard InChI is InChI=1S/C27H32ClN3O4S/c1-19-23(17-25(32)35-27(2,3)4)26(20-9-11-22(28)12-10-20)29-31(19)18-21-7-5-6-8-24(21)36(33)30-13-15-34-16-14-30/h5-12H,13-18H2,1-4H3. The Labute approximate surface area is 219 Å². The minimum absolute atomic E-state index is 0.0996. The van der Waals surface area contributed by atoms with E-state index in [9.17, 15) is 9.00 Å². The number of nitrogens with zero attached hydrogens (tertiary/aromatic N) is 3. The first-order valence-corrected chi connectivity index (χ1v) is 13.5. The van der Waals surface area contributed by atoms with E-state index in [-0.39, 0.29) is 12.4 Å². The fraction of sp³-hybridized carbons (Fsp3) is 0.407. The molecule has 7 nitrogen and oxygen atoms in total. The second-order valence-corrected chi connectivity index (χ2v) is 11.6. The molecule has 9 heteroatoms. The van der Waals surface area contributed by atoms with E-state index < -0.39 is 16.6 Å². The van der Waals surface area contributed by atoms with Gasteiger partial charge in [-0.2, -0.15) is 5.10 Å². The van der Waals surface area contributed by atoms with E-state index in [2.05, 4.69) is 0 Å². The van der Waals surface area contributed by atoms with E-state index in [1.54, 1.807) is 0 Å². The smallest absolute Gasteiger partial charge is 0.310 e. The Morgan fingerprint density at radius 1 is 1.11 bits per heavy atom. The van der Waals surface area contributed by atoms with Crippen molar-refractivity contribution in [3.63, 3.8) is 0 Å². The maximum absolute atomic E-state index is 13.4. The largest absolute Gasteiger partial charge is 0.460 e. The zero-order valence-electron chi connectivity index (χ0n) is 21.1. The Kier molecular flexibility index (Phi) is 8.30. The van der Waals surface area contributed by atoms with Crippen molar-refractivity contribution in [1.29, 1.82) is 0 Å². The lowest BCUT2D eigenvalue weighted by molar-refractivity contribution is -0.153. The van der Waals surface area contributed by atoms with Crippen LogP contribution in [0.2, 0.25) is 5.02 Å². The van der Waals surface area contributed by atoms with E-state index in [0.29, 0.717) is 43.6 Å². The lowest BCUT2D eigenvalue weighted by atomic mass is 10.0. The van der Waals surface area contributed by atoms with Crippen LogP contribution in [-0.2, 0) is 38.2 Å².